The van der Waals surface area contributed by atoms with Gasteiger partial charge in [-0.3, -0.25) is 0 Å². The molecule has 0 bridgehead atoms. The third-order valence-corrected chi connectivity index (χ3v) is 2.19. The van der Waals surface area contributed by atoms with Crippen molar-refractivity contribution in [2.45, 2.75) is 37.8 Å². The fourth-order valence-electron chi connectivity index (χ4n) is 1.45. The summed E-state index contributed by atoms with van der Waals surface area (Å²) in [5.41, 5.74) is 5.76. The summed E-state index contributed by atoms with van der Waals surface area (Å²) in [7, 11) is 3.31. The second-order valence-electron chi connectivity index (χ2n) is 3.13. The normalized spacial score (nSPS) is 31.8. The van der Waals surface area contributed by atoms with Gasteiger partial charge in [-0.05, 0) is 31.7 Å². The van der Waals surface area contributed by atoms with Gasteiger partial charge in [-0.1, -0.05) is 0 Å². The van der Waals surface area contributed by atoms with Crippen molar-refractivity contribution in [3.63, 3.8) is 0 Å². The van der Waals surface area contributed by atoms with Crippen LogP contribution in [0.5, 0.6) is 0 Å². The van der Waals surface area contributed by atoms with Crippen LogP contribution in [0.2, 0.25) is 0 Å². The van der Waals surface area contributed by atoms with Crippen LogP contribution in [0.1, 0.15) is 25.7 Å². The molecule has 0 amide bonds. The van der Waals surface area contributed by atoms with E-state index in [4.69, 9.17) is 10.4 Å². The summed E-state index contributed by atoms with van der Waals surface area (Å²) in [6.45, 7) is 0. The molecule has 0 heterocycles. The highest BCUT2D eigenvalue weighted by Gasteiger charge is 2.17. The van der Waals surface area contributed by atoms with Crippen LogP contribution in [0.25, 0.3) is 0 Å². The predicted octanol–water partition coefficient (Wildman–Crippen LogP) is 0.0265. The van der Waals surface area contributed by atoms with Crippen LogP contribution in [0.3, 0.4) is 0 Å². The summed E-state index contributed by atoms with van der Waals surface area (Å²) in [5, 5.41) is 3.19. The van der Waals surface area contributed by atoms with Gasteiger partial charge in [0.25, 0.3) is 0 Å². The lowest BCUT2D eigenvalue weighted by Crippen LogP contribution is -2.39. The van der Waals surface area contributed by atoms with Gasteiger partial charge in [-0.25, -0.2) is 0 Å². The molecule has 0 unspecified atom stereocenters. The van der Waals surface area contributed by atoms with Crippen LogP contribution < -0.4 is 11.0 Å². The molecule has 63 valence electrons. The Hall–Kier alpha value is -0.0551. The van der Waals surface area contributed by atoms with E-state index >= 15 is 0 Å². The lowest BCUT2D eigenvalue weighted by Gasteiger charge is -2.26. The highest BCUT2D eigenvalue weighted by atomic mass is 16.4. The van der Waals surface area contributed by atoms with Gasteiger partial charge in [0.1, 0.15) is 0 Å². The number of hydrogen-bond donors (Lipinski definition) is 2. The van der Waals surface area contributed by atoms with E-state index < -0.39 is 0 Å². The summed E-state index contributed by atoms with van der Waals surface area (Å²) in [6, 6.07) is 1.00. The quantitative estimate of drug-likeness (QED) is 0.565. The molecule has 0 spiro atoms. The van der Waals surface area contributed by atoms with Crippen molar-refractivity contribution in [1.82, 2.24) is 5.23 Å². The largest absolute Gasteiger partial charge is 0.427 e. The first-order chi connectivity index (χ1) is 5.33. The van der Waals surface area contributed by atoms with Crippen LogP contribution in [-0.2, 0) is 4.65 Å². The molecule has 1 aliphatic carbocycles. The minimum atomic E-state index is 0.426. The summed E-state index contributed by atoms with van der Waals surface area (Å²) >= 11 is 0. The van der Waals surface area contributed by atoms with Crippen LogP contribution >= 0.6 is 0 Å². The van der Waals surface area contributed by atoms with Gasteiger partial charge in [-0.2, -0.15) is 0 Å². The minimum absolute atomic E-state index is 0.426. The smallest absolute Gasteiger partial charge is 0.395 e. The fourth-order valence-corrected chi connectivity index (χ4v) is 1.45. The highest BCUT2D eigenvalue weighted by molar-refractivity contribution is 6.23. The molecule has 1 fully saturated rings. The monoisotopic (exact) mass is 155 g/mol. The number of rotatable bonds is 3. The Balaban J connectivity index is 2.07. The van der Waals surface area contributed by atoms with Gasteiger partial charge in [0.15, 0.2) is 0 Å². The van der Waals surface area contributed by atoms with Gasteiger partial charge in [0.2, 0.25) is 0 Å². The van der Waals surface area contributed by atoms with Gasteiger partial charge < -0.3 is 15.6 Å². The molecule has 0 aromatic carbocycles. The molecule has 1 saturated carbocycles. The molecule has 0 aromatic heterocycles. The number of nitrogens with one attached hydrogen (secondary N) is 1. The van der Waals surface area contributed by atoms with E-state index in [1.165, 1.54) is 12.8 Å². The minimum Gasteiger partial charge on any atom is -0.427 e. The Labute approximate surface area is 69.0 Å². The van der Waals surface area contributed by atoms with Crippen molar-refractivity contribution in [3.05, 3.63) is 0 Å². The summed E-state index contributed by atoms with van der Waals surface area (Å²) in [4.78, 5) is 0. The number of nitrogens with two attached hydrogens (primary N) is 1. The van der Waals surface area contributed by atoms with E-state index in [1.54, 1.807) is 14.7 Å². The average molecular weight is 155 g/mol. The molecule has 0 saturated heterocycles. The molecule has 1 radical (unpaired) electrons. The molecule has 0 atom stereocenters. The summed E-state index contributed by atoms with van der Waals surface area (Å²) in [6.07, 6.45) is 4.60. The second-order valence-corrected chi connectivity index (χ2v) is 3.13. The Kier molecular flexibility index (Phi) is 3.90. The Morgan fingerprint density at radius 2 is 2.00 bits per heavy atom. The molecule has 3 nitrogen and oxygen atoms in total. The first-order valence-corrected chi connectivity index (χ1v) is 4.19. The zero-order chi connectivity index (χ0) is 8.10. The molecule has 1 aliphatic rings. The van der Waals surface area contributed by atoms with E-state index in [0.29, 0.717) is 12.1 Å². The van der Waals surface area contributed by atoms with Gasteiger partial charge in [-0.15, -0.1) is 0 Å². The zero-order valence-electron chi connectivity index (χ0n) is 7.05. The molecular weight excluding hydrogens is 139 g/mol. The maximum Gasteiger partial charge on any atom is 0.395 e. The van der Waals surface area contributed by atoms with E-state index in [-0.39, 0.29) is 0 Å². The van der Waals surface area contributed by atoms with Crippen LogP contribution in [0.4, 0.5) is 0 Å². The first-order valence-electron chi connectivity index (χ1n) is 4.19. The SMILES string of the molecule is CO[B]NC1CCC(N)CC1. The Bertz CT molecular complexity index is 102. The molecule has 4 heteroatoms. The summed E-state index contributed by atoms with van der Waals surface area (Å²) in [5.74, 6) is 0. The van der Waals surface area contributed by atoms with Crippen LogP contribution in [-0.4, -0.2) is 26.8 Å². The van der Waals surface area contributed by atoms with Crippen molar-refractivity contribution in [3.8, 4) is 0 Å². The lowest BCUT2D eigenvalue weighted by atomic mass is 9.90. The topological polar surface area (TPSA) is 47.3 Å². The van der Waals surface area contributed by atoms with Crippen molar-refractivity contribution >= 4 is 7.62 Å². The predicted molar refractivity (Wildman–Crippen MR) is 46.1 cm³/mol. The van der Waals surface area contributed by atoms with Gasteiger partial charge in [0.05, 0.1) is 0 Å². The van der Waals surface area contributed by atoms with Crippen molar-refractivity contribution in [2.24, 2.45) is 5.73 Å². The molecular formula is C7H16BN2O. The number of hydrogen-bond acceptors (Lipinski definition) is 3. The van der Waals surface area contributed by atoms with E-state index in [1.807, 2.05) is 0 Å². The molecule has 11 heavy (non-hydrogen) atoms. The first kappa shape index (κ1) is 9.04. The van der Waals surface area contributed by atoms with Crippen molar-refractivity contribution < 1.29 is 4.65 Å². The maximum absolute atomic E-state index is 5.76. The van der Waals surface area contributed by atoms with Crippen molar-refractivity contribution in [2.75, 3.05) is 7.11 Å². The third-order valence-electron chi connectivity index (χ3n) is 2.19. The highest BCUT2D eigenvalue weighted by Crippen LogP contribution is 2.16. The average Bonchev–Trinajstić information content (AvgIpc) is 2.04. The van der Waals surface area contributed by atoms with E-state index in [0.717, 1.165) is 12.8 Å². The third kappa shape index (κ3) is 3.23. The van der Waals surface area contributed by atoms with E-state index in [2.05, 4.69) is 5.23 Å². The molecule has 1 rings (SSSR count). The summed E-state index contributed by atoms with van der Waals surface area (Å²) < 4.78 is 4.80. The molecule has 0 aromatic rings. The van der Waals surface area contributed by atoms with E-state index in [9.17, 15) is 0 Å². The second kappa shape index (κ2) is 4.75. The lowest BCUT2D eigenvalue weighted by molar-refractivity contribution is 0.355. The molecule has 0 aliphatic heterocycles. The standard InChI is InChI=1S/C7H16BN2O/c1-11-8-10-7-4-2-6(9)3-5-7/h6-7,10H,2-5,9H2,1H3. The Morgan fingerprint density at radius 3 is 2.55 bits per heavy atom. The van der Waals surface area contributed by atoms with Gasteiger partial charge >= 0.3 is 7.62 Å². The maximum atomic E-state index is 5.76. The molecule has 3 N–H and O–H groups in total. The van der Waals surface area contributed by atoms with Gasteiger partial charge in [0, 0.05) is 13.2 Å². The van der Waals surface area contributed by atoms with Crippen molar-refractivity contribution in [1.29, 1.82) is 0 Å². The zero-order valence-corrected chi connectivity index (χ0v) is 7.05. The fraction of sp³-hybridized carbons (Fsp3) is 1.00. The van der Waals surface area contributed by atoms with Crippen LogP contribution in [0, 0.1) is 0 Å². The van der Waals surface area contributed by atoms with Crippen LogP contribution in [0.15, 0.2) is 0 Å². The Morgan fingerprint density at radius 1 is 1.36 bits per heavy atom.